The van der Waals surface area contributed by atoms with Crippen molar-refractivity contribution in [3.63, 3.8) is 0 Å². The summed E-state index contributed by atoms with van der Waals surface area (Å²) in [6, 6.07) is -14.7. The molecule has 0 aliphatic heterocycles. The van der Waals surface area contributed by atoms with Crippen LogP contribution in [-0.2, 0) is 4.57 Å². The Morgan fingerprint density at radius 2 is 0.739 bits per heavy atom. The molecule has 0 N–H and O–H groups in total. The van der Waals surface area contributed by atoms with E-state index in [-0.39, 0.29) is 0 Å². The first kappa shape index (κ1) is 22.2. The molecule has 0 aliphatic carbocycles. The van der Waals surface area contributed by atoms with Crippen LogP contribution in [0.1, 0.15) is 0 Å². The van der Waals surface area contributed by atoms with Crippen molar-refractivity contribution in [1.82, 2.24) is 4.67 Å². The first-order chi connectivity index (χ1) is 9.69. The number of hydrogen-bond donors (Lipinski definition) is 0. The van der Waals surface area contributed by atoms with Gasteiger partial charge in [-0.05, 0) is 0 Å². The minimum absolute atomic E-state index is 3.32. The molecule has 0 saturated heterocycles. The highest BCUT2D eigenvalue weighted by molar-refractivity contribution is 7.20. The van der Waals surface area contributed by atoms with Crippen LogP contribution in [0.2, 0.25) is 0 Å². The van der Waals surface area contributed by atoms with Crippen molar-refractivity contribution in [3.05, 3.63) is 0 Å². The summed E-state index contributed by atoms with van der Waals surface area (Å²) in [5.74, 6) is -15.0. The molecule has 0 bridgehead atoms. The summed E-state index contributed by atoms with van der Waals surface area (Å²) in [5, 5.41) is 0. The predicted molar refractivity (Wildman–Crippen MR) is 44.1 cm³/mol. The zero-order valence-corrected chi connectivity index (χ0v) is 10.9. The van der Waals surface area contributed by atoms with Crippen LogP contribution in [0.25, 0.3) is 0 Å². The van der Waals surface area contributed by atoms with Gasteiger partial charge in [-0.3, -0.25) is 0 Å². The molecule has 0 amide bonds. The van der Waals surface area contributed by atoms with Crippen molar-refractivity contribution in [1.29, 1.82) is 0 Å². The van der Waals surface area contributed by atoms with Gasteiger partial charge < -0.3 is 4.57 Å². The highest BCUT2D eigenvalue weighted by Crippen LogP contribution is 2.57. The molecule has 0 radical (unpaired) electrons. The molecule has 0 spiro atoms. The Morgan fingerprint density at radius 1 is 0.522 bits per heavy atom. The van der Waals surface area contributed by atoms with Crippen molar-refractivity contribution in [2.24, 2.45) is 0 Å². The van der Waals surface area contributed by atoms with Gasteiger partial charge in [0.2, 0.25) is 0 Å². The number of hydrogen-bond acceptors (Lipinski definition) is 1. The average molecular weight is 401 g/mol. The fourth-order valence-corrected chi connectivity index (χ4v) is 1.54. The van der Waals surface area contributed by atoms with Gasteiger partial charge in [0.1, 0.15) is 8.61 Å². The number of nitrogens with zero attached hydrogens (tertiary/aromatic N) is 1. The third-order valence-electron chi connectivity index (χ3n) is 2.18. The van der Waals surface area contributed by atoms with Crippen molar-refractivity contribution in [3.8, 4) is 0 Å². The fourth-order valence-electron chi connectivity index (χ4n) is 0.952. The molecular weight excluding hydrogens is 399 g/mol. The van der Waals surface area contributed by atoms with Crippen LogP contribution in [0.4, 0.5) is 61.5 Å². The molecule has 0 rings (SSSR count). The summed E-state index contributed by atoms with van der Waals surface area (Å²) in [5.41, 5.74) is 0. The topological polar surface area (TPSA) is 20.3 Å². The van der Waals surface area contributed by atoms with E-state index in [2.05, 4.69) is 0 Å². The van der Waals surface area contributed by atoms with E-state index in [1.165, 1.54) is 0 Å². The third-order valence-corrected chi connectivity index (χ3v) is 3.04. The summed E-state index contributed by atoms with van der Waals surface area (Å²) in [7, 11) is -4.48. The first-order valence-corrected chi connectivity index (χ1v) is 5.57. The summed E-state index contributed by atoms with van der Waals surface area (Å²) in [6.07, 6.45) is -14.7. The van der Waals surface area contributed by atoms with Crippen molar-refractivity contribution < 1.29 is 66.0 Å². The predicted octanol–water partition coefficient (Wildman–Crippen LogP) is 4.54. The lowest BCUT2D eigenvalue weighted by atomic mass is 10.2. The maximum Gasteiger partial charge on any atom is 0.461 e. The summed E-state index contributed by atoms with van der Waals surface area (Å²) in [4.78, 5) is 0. The molecular formula is C6H2F14NOP. The Bertz CT molecular complexity index is 413. The molecule has 17 heteroatoms. The number of alkyl halides is 14. The maximum atomic E-state index is 12.9. The zero-order chi connectivity index (χ0) is 19.3. The molecule has 0 aromatic carbocycles. The van der Waals surface area contributed by atoms with Crippen LogP contribution in [0.15, 0.2) is 0 Å². The average Bonchev–Trinajstić information content (AvgIpc) is 2.25. The summed E-state index contributed by atoms with van der Waals surface area (Å²) >= 11 is 0. The van der Waals surface area contributed by atoms with E-state index in [1.807, 2.05) is 0 Å². The lowest BCUT2D eigenvalue weighted by Crippen LogP contribution is -2.68. The van der Waals surface area contributed by atoms with Crippen molar-refractivity contribution in [2.75, 3.05) is 0 Å². The van der Waals surface area contributed by atoms with E-state index >= 15 is 0 Å². The van der Waals surface area contributed by atoms with E-state index in [1.54, 1.807) is 0 Å². The number of halogens is 14. The molecule has 2 nitrogen and oxygen atoms in total. The molecule has 23 heavy (non-hydrogen) atoms. The standard InChI is InChI=1S/C6H2F14NOP/c7-1(8,3(11,12)13)5(17,18)21(23-22)6(19,20)2(9,10)4(14,15)16/h23H2. The van der Waals surface area contributed by atoms with Crippen LogP contribution in [0, 0.1) is 0 Å². The Balaban J connectivity index is 6.28. The second-order valence-corrected chi connectivity index (χ2v) is 4.43. The largest absolute Gasteiger partial charge is 0.461 e. The van der Waals surface area contributed by atoms with Gasteiger partial charge in [0, 0.05) is 0 Å². The lowest BCUT2D eigenvalue weighted by Gasteiger charge is -2.40. The van der Waals surface area contributed by atoms with Crippen LogP contribution >= 0.6 is 8.61 Å². The van der Waals surface area contributed by atoms with E-state index in [0.717, 1.165) is 0 Å². The Morgan fingerprint density at radius 3 is 0.870 bits per heavy atom. The van der Waals surface area contributed by atoms with Crippen LogP contribution in [0.3, 0.4) is 0 Å². The van der Waals surface area contributed by atoms with Crippen LogP contribution in [0.5, 0.6) is 0 Å². The highest BCUT2D eigenvalue weighted by Gasteiger charge is 2.84. The quantitative estimate of drug-likeness (QED) is 0.383. The first-order valence-electron chi connectivity index (χ1n) is 4.59. The molecule has 0 aromatic heterocycles. The van der Waals surface area contributed by atoms with Gasteiger partial charge in [-0.15, -0.1) is 4.67 Å². The van der Waals surface area contributed by atoms with Gasteiger partial charge in [-0.25, -0.2) is 0 Å². The van der Waals surface area contributed by atoms with Crippen LogP contribution in [-0.4, -0.2) is 41.0 Å². The second kappa shape index (κ2) is 5.63. The molecule has 0 aromatic rings. The Hall–Kier alpha value is -0.790. The zero-order valence-electron chi connectivity index (χ0n) is 9.72. The van der Waals surface area contributed by atoms with Gasteiger partial charge in [-0.2, -0.15) is 61.5 Å². The van der Waals surface area contributed by atoms with Crippen LogP contribution < -0.4 is 0 Å². The van der Waals surface area contributed by atoms with Gasteiger partial charge in [0.25, 0.3) is 0 Å². The van der Waals surface area contributed by atoms with E-state index in [0.29, 0.717) is 0 Å². The van der Waals surface area contributed by atoms with Gasteiger partial charge >= 0.3 is 36.3 Å². The Kier molecular flexibility index (Phi) is 5.44. The van der Waals surface area contributed by atoms with Gasteiger partial charge in [0.05, 0.1) is 0 Å². The number of rotatable bonds is 5. The molecule has 0 fully saturated rings. The maximum absolute atomic E-state index is 12.9. The molecule has 0 aliphatic rings. The molecule has 1 atom stereocenters. The third kappa shape index (κ3) is 3.23. The smallest absolute Gasteiger partial charge is 0.313 e. The monoisotopic (exact) mass is 401 g/mol. The SMILES string of the molecule is O=[PH2]N(C(F)(F)C(F)(F)C(F)(F)F)C(F)(F)C(F)(F)C(F)(F)F. The normalized spacial score (nSPS) is 16.7. The van der Waals surface area contributed by atoms with E-state index in [4.69, 9.17) is 0 Å². The van der Waals surface area contributed by atoms with Crippen molar-refractivity contribution >= 4 is 8.61 Å². The molecule has 140 valence electrons. The summed E-state index contributed by atoms with van der Waals surface area (Å²) < 4.78 is 179. The molecule has 0 heterocycles. The lowest BCUT2D eigenvalue weighted by molar-refractivity contribution is -0.437. The van der Waals surface area contributed by atoms with E-state index in [9.17, 15) is 66.0 Å². The highest BCUT2D eigenvalue weighted by atomic mass is 31.1. The minimum atomic E-state index is -7.51. The van der Waals surface area contributed by atoms with E-state index < -0.39 is 49.6 Å². The fraction of sp³-hybridized carbons (Fsp3) is 1.00. The minimum Gasteiger partial charge on any atom is -0.313 e. The van der Waals surface area contributed by atoms with Gasteiger partial charge in [0.15, 0.2) is 0 Å². The van der Waals surface area contributed by atoms with Crippen molar-refractivity contribution in [2.45, 2.75) is 36.3 Å². The molecule has 0 saturated carbocycles. The molecule has 1 unspecified atom stereocenters. The van der Waals surface area contributed by atoms with Gasteiger partial charge in [-0.1, -0.05) is 0 Å². The summed E-state index contributed by atoms with van der Waals surface area (Å²) in [6.45, 7) is 0. The Labute approximate surface area is 117 Å². The second-order valence-electron chi connectivity index (χ2n) is 3.70.